The van der Waals surface area contributed by atoms with Gasteiger partial charge in [0.15, 0.2) is 0 Å². The summed E-state index contributed by atoms with van der Waals surface area (Å²) in [6, 6.07) is 22.9. The lowest BCUT2D eigenvalue weighted by atomic mass is 10.1. The van der Waals surface area contributed by atoms with Crippen LogP contribution in [0.1, 0.15) is 15.9 Å². The molecule has 176 valence electrons. The van der Waals surface area contributed by atoms with Gasteiger partial charge in [-0.05, 0) is 35.9 Å². The number of carbonyl (C=O) groups excluding carboxylic acids is 1. The number of sulfonamides is 1. The topological polar surface area (TPSA) is 69.7 Å². The van der Waals surface area contributed by atoms with E-state index in [1.165, 1.54) is 29.8 Å². The molecule has 34 heavy (non-hydrogen) atoms. The van der Waals surface area contributed by atoms with E-state index in [9.17, 15) is 13.2 Å². The summed E-state index contributed by atoms with van der Waals surface area (Å²) >= 11 is 6.32. The van der Waals surface area contributed by atoms with Gasteiger partial charge in [-0.15, -0.1) is 0 Å². The number of nitrogens with one attached hydrogen (secondary N) is 1. The summed E-state index contributed by atoms with van der Waals surface area (Å²) in [5.41, 5.74) is 1.84. The summed E-state index contributed by atoms with van der Waals surface area (Å²) in [7, 11) is -3.76. The first kappa shape index (κ1) is 24.0. The second kappa shape index (κ2) is 10.9. The maximum absolute atomic E-state index is 13.0. The highest BCUT2D eigenvalue weighted by Crippen LogP contribution is 2.26. The van der Waals surface area contributed by atoms with Crippen LogP contribution in [0.4, 0.5) is 5.69 Å². The number of nitrogens with zero attached hydrogens (tertiary/aromatic N) is 2. The van der Waals surface area contributed by atoms with E-state index in [-0.39, 0.29) is 21.5 Å². The van der Waals surface area contributed by atoms with E-state index >= 15 is 0 Å². The lowest BCUT2D eigenvalue weighted by Crippen LogP contribution is -2.48. The molecule has 1 amide bonds. The highest BCUT2D eigenvalue weighted by Gasteiger charge is 2.23. The molecular formula is C26H26ClN3O3S. The predicted octanol–water partition coefficient (Wildman–Crippen LogP) is 4.61. The second-order valence-electron chi connectivity index (χ2n) is 8.02. The van der Waals surface area contributed by atoms with E-state index in [4.69, 9.17) is 11.6 Å². The standard InChI is InChI=1S/C26H26ClN3O3S/c27-24-20-22(13-14-25(24)28-34(32,33)23-11-5-2-6-12-23)26(31)30-18-16-29(17-19-30)15-7-10-21-8-3-1-4-9-21/h1-14,20,28H,15-19H2/b10-7+. The zero-order chi connectivity index (χ0) is 24.0. The van der Waals surface area contributed by atoms with E-state index in [2.05, 4.69) is 33.9 Å². The van der Waals surface area contributed by atoms with Crippen LogP contribution in [0.25, 0.3) is 6.08 Å². The Kier molecular flexibility index (Phi) is 7.67. The first-order valence-electron chi connectivity index (χ1n) is 11.0. The Hall–Kier alpha value is -3.13. The molecule has 4 rings (SSSR count). The van der Waals surface area contributed by atoms with Gasteiger partial charge in [0.1, 0.15) is 0 Å². The molecule has 0 spiro atoms. The van der Waals surface area contributed by atoms with Crippen molar-refractivity contribution in [2.24, 2.45) is 0 Å². The summed E-state index contributed by atoms with van der Waals surface area (Å²) in [4.78, 5) is 17.2. The van der Waals surface area contributed by atoms with E-state index < -0.39 is 10.0 Å². The van der Waals surface area contributed by atoms with Crippen molar-refractivity contribution in [3.63, 3.8) is 0 Å². The zero-order valence-corrected chi connectivity index (χ0v) is 20.2. The Morgan fingerprint density at radius 1 is 0.912 bits per heavy atom. The van der Waals surface area contributed by atoms with Crippen LogP contribution in [-0.4, -0.2) is 56.8 Å². The fourth-order valence-corrected chi connectivity index (χ4v) is 5.14. The van der Waals surface area contributed by atoms with Gasteiger partial charge in [-0.2, -0.15) is 0 Å². The maximum Gasteiger partial charge on any atom is 0.261 e. The molecule has 6 nitrogen and oxygen atoms in total. The molecular weight excluding hydrogens is 470 g/mol. The van der Waals surface area contributed by atoms with Crippen molar-refractivity contribution in [3.8, 4) is 0 Å². The predicted molar refractivity (Wildman–Crippen MR) is 137 cm³/mol. The molecule has 3 aromatic rings. The Morgan fingerprint density at radius 2 is 1.56 bits per heavy atom. The Balaban J connectivity index is 1.33. The third-order valence-corrected chi connectivity index (χ3v) is 7.34. The Bertz CT molecular complexity index is 1260. The number of carbonyl (C=O) groups is 1. The minimum Gasteiger partial charge on any atom is -0.336 e. The van der Waals surface area contributed by atoms with Crippen molar-refractivity contribution in [2.75, 3.05) is 37.4 Å². The number of amides is 1. The fraction of sp³-hybridized carbons (Fsp3) is 0.192. The van der Waals surface area contributed by atoms with Gasteiger partial charge in [-0.3, -0.25) is 14.4 Å². The minimum atomic E-state index is -3.76. The van der Waals surface area contributed by atoms with E-state index in [0.717, 1.165) is 19.6 Å². The summed E-state index contributed by atoms with van der Waals surface area (Å²) in [5, 5.41) is 0.176. The van der Waals surface area contributed by atoms with Crippen molar-refractivity contribution in [3.05, 3.63) is 101 Å². The molecule has 0 atom stereocenters. The monoisotopic (exact) mass is 495 g/mol. The van der Waals surface area contributed by atoms with Crippen LogP contribution < -0.4 is 4.72 Å². The van der Waals surface area contributed by atoms with Crippen molar-refractivity contribution >= 4 is 39.3 Å². The molecule has 1 aliphatic rings. The first-order valence-corrected chi connectivity index (χ1v) is 12.9. The van der Waals surface area contributed by atoms with Gasteiger partial charge in [0.05, 0.1) is 15.6 Å². The van der Waals surface area contributed by atoms with Crippen LogP contribution in [0.5, 0.6) is 0 Å². The van der Waals surface area contributed by atoms with Crippen LogP contribution in [0.2, 0.25) is 5.02 Å². The Labute approximate surface area is 205 Å². The number of halogens is 1. The van der Waals surface area contributed by atoms with Gasteiger partial charge >= 0.3 is 0 Å². The van der Waals surface area contributed by atoms with Crippen LogP contribution >= 0.6 is 11.6 Å². The second-order valence-corrected chi connectivity index (χ2v) is 10.1. The third kappa shape index (κ3) is 6.05. The van der Waals surface area contributed by atoms with Crippen molar-refractivity contribution in [2.45, 2.75) is 4.90 Å². The number of benzene rings is 3. The zero-order valence-electron chi connectivity index (χ0n) is 18.6. The van der Waals surface area contributed by atoms with Crippen LogP contribution in [0.15, 0.2) is 89.8 Å². The number of hydrogen-bond acceptors (Lipinski definition) is 4. The highest BCUT2D eigenvalue weighted by molar-refractivity contribution is 7.92. The van der Waals surface area contributed by atoms with Gasteiger partial charge in [-0.1, -0.05) is 72.3 Å². The van der Waals surface area contributed by atoms with E-state index in [1.807, 2.05) is 18.2 Å². The van der Waals surface area contributed by atoms with Gasteiger partial charge < -0.3 is 4.90 Å². The molecule has 0 bridgehead atoms. The molecule has 8 heteroatoms. The molecule has 0 radical (unpaired) electrons. The minimum absolute atomic E-state index is 0.112. The quantitative estimate of drug-likeness (QED) is 0.519. The van der Waals surface area contributed by atoms with Crippen LogP contribution in [-0.2, 0) is 10.0 Å². The average molecular weight is 496 g/mol. The Morgan fingerprint density at radius 3 is 2.21 bits per heavy atom. The molecule has 1 fully saturated rings. The van der Waals surface area contributed by atoms with Gasteiger partial charge in [0.2, 0.25) is 0 Å². The summed E-state index contributed by atoms with van der Waals surface area (Å²) in [6.07, 6.45) is 4.24. The van der Waals surface area contributed by atoms with Crippen molar-refractivity contribution in [1.29, 1.82) is 0 Å². The van der Waals surface area contributed by atoms with Gasteiger partial charge in [-0.25, -0.2) is 8.42 Å². The lowest BCUT2D eigenvalue weighted by Gasteiger charge is -2.34. The molecule has 1 aliphatic heterocycles. The summed E-state index contributed by atoms with van der Waals surface area (Å²) in [6.45, 7) is 3.65. The summed E-state index contributed by atoms with van der Waals surface area (Å²) < 4.78 is 27.6. The number of anilines is 1. The SMILES string of the molecule is O=C(c1ccc(NS(=O)(=O)c2ccccc2)c(Cl)c1)N1CCN(C/C=C/c2ccccc2)CC1. The smallest absolute Gasteiger partial charge is 0.261 e. The average Bonchev–Trinajstić information content (AvgIpc) is 2.86. The highest BCUT2D eigenvalue weighted by atomic mass is 35.5. The fourth-order valence-electron chi connectivity index (χ4n) is 3.75. The normalized spacial score (nSPS) is 14.9. The number of piperazine rings is 1. The third-order valence-electron chi connectivity index (χ3n) is 5.65. The largest absolute Gasteiger partial charge is 0.336 e. The molecule has 0 unspecified atom stereocenters. The number of rotatable bonds is 7. The van der Waals surface area contributed by atoms with E-state index in [0.29, 0.717) is 18.7 Å². The van der Waals surface area contributed by atoms with Crippen molar-refractivity contribution in [1.82, 2.24) is 9.80 Å². The van der Waals surface area contributed by atoms with Crippen molar-refractivity contribution < 1.29 is 13.2 Å². The molecule has 1 saturated heterocycles. The lowest BCUT2D eigenvalue weighted by molar-refractivity contribution is 0.0650. The van der Waals surface area contributed by atoms with Crippen LogP contribution in [0, 0.1) is 0 Å². The van der Waals surface area contributed by atoms with Crippen LogP contribution in [0.3, 0.4) is 0 Å². The molecule has 0 aromatic heterocycles. The molecule has 0 aliphatic carbocycles. The van der Waals surface area contributed by atoms with E-state index in [1.54, 1.807) is 29.2 Å². The molecule has 0 saturated carbocycles. The molecule has 3 aromatic carbocycles. The molecule has 1 heterocycles. The van der Waals surface area contributed by atoms with Gasteiger partial charge in [0.25, 0.3) is 15.9 Å². The molecule has 1 N–H and O–H groups in total. The summed E-state index contributed by atoms with van der Waals surface area (Å²) in [5.74, 6) is -0.112. The number of hydrogen-bond donors (Lipinski definition) is 1. The van der Waals surface area contributed by atoms with Gasteiger partial charge in [0, 0.05) is 38.3 Å². The first-order chi connectivity index (χ1) is 16.4. The maximum atomic E-state index is 13.0.